The molecule has 0 bridgehead atoms. The second kappa shape index (κ2) is 17.8. The van der Waals surface area contributed by atoms with Gasteiger partial charge in [-0.2, -0.15) is 0 Å². The van der Waals surface area contributed by atoms with Crippen LogP contribution in [0.15, 0.2) is 54.6 Å². The summed E-state index contributed by atoms with van der Waals surface area (Å²) in [6.07, 6.45) is 22.0. The van der Waals surface area contributed by atoms with E-state index < -0.39 is 0 Å². The van der Waals surface area contributed by atoms with Crippen molar-refractivity contribution in [1.29, 1.82) is 0 Å². The maximum atomic E-state index is 12.7. The van der Waals surface area contributed by atoms with Crippen LogP contribution in [0.25, 0.3) is 11.0 Å². The number of carbonyl (C=O) groups excluding carboxylic acids is 1. The highest BCUT2D eigenvalue weighted by Gasteiger charge is 2.18. The lowest BCUT2D eigenvalue weighted by molar-refractivity contribution is 0.0937. The third kappa shape index (κ3) is 10.3. The zero-order chi connectivity index (χ0) is 26.8. The van der Waals surface area contributed by atoms with Crippen LogP contribution >= 0.6 is 0 Å². The van der Waals surface area contributed by atoms with Gasteiger partial charge in [-0.25, -0.2) is 4.98 Å². The Balaban J connectivity index is 1.33. The van der Waals surface area contributed by atoms with Crippen LogP contribution in [0.1, 0.15) is 139 Å². The van der Waals surface area contributed by atoms with E-state index in [1.54, 1.807) is 0 Å². The van der Waals surface area contributed by atoms with Crippen molar-refractivity contribution in [2.45, 2.75) is 129 Å². The first kappa shape index (κ1) is 29.9. The molecule has 0 aliphatic rings. The third-order valence-corrected chi connectivity index (χ3v) is 7.69. The lowest BCUT2D eigenvalue weighted by Crippen LogP contribution is -2.28. The minimum Gasteiger partial charge on any atom is -0.342 e. The molecule has 0 saturated carbocycles. The molecule has 1 atom stereocenters. The van der Waals surface area contributed by atoms with E-state index in [1.165, 1.54) is 96.3 Å². The molecule has 208 valence electrons. The fraction of sp³-hybridized carbons (Fsp3) is 0.588. The fourth-order valence-corrected chi connectivity index (χ4v) is 5.41. The zero-order valence-electron chi connectivity index (χ0n) is 24.1. The smallest absolute Gasteiger partial charge is 0.251 e. The van der Waals surface area contributed by atoms with Gasteiger partial charge in [0.05, 0.1) is 17.1 Å². The molecule has 3 rings (SSSR count). The summed E-state index contributed by atoms with van der Waals surface area (Å²) < 4.78 is 2.31. The predicted molar refractivity (Wildman–Crippen MR) is 162 cm³/mol. The number of fused-ring (bicyclic) bond motifs is 1. The molecule has 3 aromatic rings. The number of para-hydroxylation sites is 2. The van der Waals surface area contributed by atoms with Crippen molar-refractivity contribution in [1.82, 2.24) is 14.9 Å². The Morgan fingerprint density at radius 3 is 1.79 bits per heavy atom. The highest BCUT2D eigenvalue weighted by atomic mass is 16.1. The normalized spacial score (nSPS) is 12.2. The third-order valence-electron chi connectivity index (χ3n) is 7.69. The quantitative estimate of drug-likeness (QED) is 0.152. The number of benzene rings is 2. The second-order valence-corrected chi connectivity index (χ2v) is 11.0. The number of imidazole rings is 1. The largest absolute Gasteiger partial charge is 0.342 e. The van der Waals surface area contributed by atoms with Crippen molar-refractivity contribution < 1.29 is 4.79 Å². The number of aromatic nitrogens is 2. The van der Waals surface area contributed by atoms with Gasteiger partial charge in [-0.05, 0) is 37.6 Å². The lowest BCUT2D eigenvalue weighted by Gasteiger charge is -2.16. The maximum absolute atomic E-state index is 12.7. The van der Waals surface area contributed by atoms with E-state index in [0.717, 1.165) is 29.8 Å². The number of nitrogens with zero attached hydrogens (tertiary/aromatic N) is 2. The molecule has 2 aromatic carbocycles. The maximum Gasteiger partial charge on any atom is 0.251 e. The molecule has 0 aliphatic carbocycles. The summed E-state index contributed by atoms with van der Waals surface area (Å²) >= 11 is 0. The molecular formula is C34H51N3O. The van der Waals surface area contributed by atoms with Crippen molar-refractivity contribution in [3.8, 4) is 0 Å². The highest BCUT2D eigenvalue weighted by Crippen LogP contribution is 2.22. The predicted octanol–water partition coefficient (Wildman–Crippen LogP) is 9.79. The summed E-state index contributed by atoms with van der Waals surface area (Å²) in [6, 6.07) is 17.6. The molecule has 4 nitrogen and oxygen atoms in total. The molecule has 1 unspecified atom stereocenters. The molecular weight excluding hydrogens is 466 g/mol. The first-order chi connectivity index (χ1) is 18.7. The Morgan fingerprint density at radius 1 is 0.711 bits per heavy atom. The van der Waals surface area contributed by atoms with E-state index in [2.05, 4.69) is 35.0 Å². The van der Waals surface area contributed by atoms with Crippen molar-refractivity contribution in [3.05, 3.63) is 66.0 Å². The number of hydrogen-bond donors (Lipinski definition) is 1. The first-order valence-corrected chi connectivity index (χ1v) is 15.5. The Bertz CT molecular complexity index is 1040. The fourth-order valence-electron chi connectivity index (χ4n) is 5.41. The second-order valence-electron chi connectivity index (χ2n) is 11.0. The van der Waals surface area contributed by atoms with Gasteiger partial charge in [0.2, 0.25) is 0 Å². The molecule has 0 aliphatic heterocycles. The van der Waals surface area contributed by atoms with Crippen LogP contribution in [0.5, 0.6) is 0 Å². The van der Waals surface area contributed by atoms with Gasteiger partial charge in [-0.3, -0.25) is 4.79 Å². The van der Waals surface area contributed by atoms with Gasteiger partial charge in [0.25, 0.3) is 5.91 Å². The minimum atomic E-state index is -0.156. The van der Waals surface area contributed by atoms with E-state index in [-0.39, 0.29) is 11.9 Å². The lowest BCUT2D eigenvalue weighted by atomic mass is 10.0. The van der Waals surface area contributed by atoms with Gasteiger partial charge in [-0.15, -0.1) is 0 Å². The van der Waals surface area contributed by atoms with Crippen LogP contribution < -0.4 is 5.32 Å². The molecule has 0 radical (unpaired) electrons. The van der Waals surface area contributed by atoms with E-state index in [4.69, 9.17) is 4.98 Å². The van der Waals surface area contributed by atoms with Gasteiger partial charge in [0.1, 0.15) is 5.82 Å². The van der Waals surface area contributed by atoms with Crippen molar-refractivity contribution in [3.63, 3.8) is 0 Å². The van der Waals surface area contributed by atoms with Crippen LogP contribution in [0, 0.1) is 0 Å². The number of carbonyl (C=O) groups is 1. The van der Waals surface area contributed by atoms with E-state index in [0.29, 0.717) is 5.56 Å². The SMILES string of the molecule is CCCCCCCCCCCCCCCCCCn1c(C(C)NC(=O)c2ccccc2)nc2ccccc21. The average molecular weight is 518 g/mol. The van der Waals surface area contributed by atoms with Crippen LogP contribution in [-0.4, -0.2) is 15.5 Å². The Hall–Kier alpha value is -2.62. The van der Waals surface area contributed by atoms with Crippen molar-refractivity contribution >= 4 is 16.9 Å². The summed E-state index contributed by atoms with van der Waals surface area (Å²) in [5.41, 5.74) is 2.84. The number of aryl methyl sites for hydroxylation is 1. The van der Waals surface area contributed by atoms with E-state index in [9.17, 15) is 4.79 Å². The molecule has 0 saturated heterocycles. The molecule has 1 aromatic heterocycles. The van der Waals surface area contributed by atoms with Gasteiger partial charge in [0.15, 0.2) is 0 Å². The van der Waals surface area contributed by atoms with Gasteiger partial charge < -0.3 is 9.88 Å². The topological polar surface area (TPSA) is 46.9 Å². The summed E-state index contributed by atoms with van der Waals surface area (Å²) in [4.78, 5) is 17.6. The molecule has 4 heteroatoms. The average Bonchev–Trinajstić information content (AvgIpc) is 3.32. The van der Waals surface area contributed by atoms with Crippen LogP contribution in [0.2, 0.25) is 0 Å². The Kier molecular flexibility index (Phi) is 14.0. The minimum absolute atomic E-state index is 0.0564. The van der Waals surface area contributed by atoms with Gasteiger partial charge in [-0.1, -0.05) is 134 Å². The number of amides is 1. The molecule has 0 spiro atoms. The van der Waals surface area contributed by atoms with Crippen LogP contribution in [0.3, 0.4) is 0 Å². The Morgan fingerprint density at radius 2 is 1.21 bits per heavy atom. The number of unbranched alkanes of at least 4 members (excludes halogenated alkanes) is 15. The standard InChI is InChI=1S/C34H51N3O/c1-3-4-5-6-7-8-9-10-11-12-13-14-15-16-17-23-28-37-32-27-22-21-26-31(32)36-33(37)29(2)35-34(38)30-24-19-18-20-25-30/h18-22,24-27,29H,3-17,23,28H2,1-2H3,(H,35,38). The van der Waals surface area contributed by atoms with Gasteiger partial charge >= 0.3 is 0 Å². The highest BCUT2D eigenvalue weighted by molar-refractivity contribution is 5.94. The summed E-state index contributed by atoms with van der Waals surface area (Å²) in [5, 5.41) is 3.15. The van der Waals surface area contributed by atoms with Crippen LogP contribution in [0.4, 0.5) is 0 Å². The van der Waals surface area contributed by atoms with Crippen molar-refractivity contribution in [2.75, 3.05) is 0 Å². The molecule has 1 heterocycles. The molecule has 0 fully saturated rings. The van der Waals surface area contributed by atoms with Crippen LogP contribution in [-0.2, 0) is 6.54 Å². The van der Waals surface area contributed by atoms with Crippen molar-refractivity contribution in [2.24, 2.45) is 0 Å². The molecule has 1 N–H and O–H groups in total. The molecule has 38 heavy (non-hydrogen) atoms. The number of nitrogens with one attached hydrogen (secondary N) is 1. The van der Waals surface area contributed by atoms with E-state index >= 15 is 0 Å². The van der Waals surface area contributed by atoms with Gasteiger partial charge in [0, 0.05) is 12.1 Å². The number of rotatable bonds is 20. The zero-order valence-corrected chi connectivity index (χ0v) is 24.1. The Labute approximate surface area is 231 Å². The summed E-state index contributed by atoms with van der Waals surface area (Å²) in [5.74, 6) is 0.885. The molecule has 1 amide bonds. The number of hydrogen-bond acceptors (Lipinski definition) is 2. The summed E-state index contributed by atoms with van der Waals surface area (Å²) in [7, 11) is 0. The van der Waals surface area contributed by atoms with E-state index in [1.807, 2.05) is 43.3 Å². The summed E-state index contributed by atoms with van der Waals surface area (Å²) in [6.45, 7) is 5.27. The monoisotopic (exact) mass is 517 g/mol. The first-order valence-electron chi connectivity index (χ1n) is 15.5.